The van der Waals surface area contributed by atoms with E-state index in [0.717, 1.165) is 12.0 Å². The number of ether oxygens (including phenoxy) is 2. The maximum atomic E-state index is 12.9. The van der Waals surface area contributed by atoms with Gasteiger partial charge in [0, 0.05) is 5.56 Å². The Balaban J connectivity index is 1.51. The summed E-state index contributed by atoms with van der Waals surface area (Å²) < 4.78 is 29.1. The van der Waals surface area contributed by atoms with Crippen LogP contribution in [0.3, 0.4) is 0 Å². The summed E-state index contributed by atoms with van der Waals surface area (Å²) in [6.45, 7) is 1.73. The maximum absolute atomic E-state index is 12.9. The monoisotopic (exact) mass is 355 g/mol. The number of benzene rings is 2. The summed E-state index contributed by atoms with van der Waals surface area (Å²) >= 11 is 0. The van der Waals surface area contributed by atoms with Crippen molar-refractivity contribution in [3.63, 3.8) is 0 Å². The van der Waals surface area contributed by atoms with Crippen LogP contribution in [0.5, 0.6) is 5.75 Å². The quantitative estimate of drug-likeness (QED) is 0.596. The van der Waals surface area contributed by atoms with Crippen LogP contribution in [0.25, 0.3) is 11.3 Å². The van der Waals surface area contributed by atoms with Gasteiger partial charge in [-0.25, -0.2) is 14.2 Å². The first-order valence-corrected chi connectivity index (χ1v) is 8.22. The zero-order valence-corrected chi connectivity index (χ0v) is 14.3. The zero-order chi connectivity index (χ0) is 18.4. The number of nitrogens with zero attached hydrogens (tertiary/aromatic N) is 1. The number of aryl methyl sites for hydroxylation is 1. The molecular weight excluding hydrogens is 337 g/mol. The minimum Gasteiger partial charge on any atom is -0.482 e. The molecule has 3 aromatic rings. The Morgan fingerprint density at radius 2 is 1.92 bits per heavy atom. The molecule has 5 nitrogen and oxygen atoms in total. The zero-order valence-electron chi connectivity index (χ0n) is 14.3. The van der Waals surface area contributed by atoms with Gasteiger partial charge in [-0.1, -0.05) is 25.1 Å². The van der Waals surface area contributed by atoms with E-state index in [-0.39, 0.29) is 24.9 Å². The smallest absolute Gasteiger partial charge is 0.344 e. The fraction of sp³-hybridized carbons (Fsp3) is 0.200. The van der Waals surface area contributed by atoms with Gasteiger partial charge in [0.25, 0.3) is 0 Å². The third-order valence-corrected chi connectivity index (χ3v) is 3.74. The summed E-state index contributed by atoms with van der Waals surface area (Å²) in [4.78, 5) is 15.9. The second-order valence-corrected chi connectivity index (χ2v) is 5.54. The number of para-hydroxylation sites is 1. The molecule has 0 saturated heterocycles. The maximum Gasteiger partial charge on any atom is 0.344 e. The van der Waals surface area contributed by atoms with Crippen LogP contribution in [0.4, 0.5) is 4.39 Å². The molecule has 6 heteroatoms. The van der Waals surface area contributed by atoms with Crippen LogP contribution in [0.15, 0.2) is 59.1 Å². The Morgan fingerprint density at radius 1 is 1.15 bits per heavy atom. The van der Waals surface area contributed by atoms with Crippen LogP contribution in [-0.2, 0) is 22.6 Å². The van der Waals surface area contributed by atoms with Gasteiger partial charge >= 0.3 is 5.97 Å². The number of hydrogen-bond donors (Lipinski definition) is 0. The van der Waals surface area contributed by atoms with Crippen LogP contribution in [0.1, 0.15) is 18.4 Å². The SMILES string of the molecule is CCc1ccccc1OCC(=O)OCc1ncc(-c2ccc(F)cc2)o1. The lowest BCUT2D eigenvalue weighted by atomic mass is 10.1. The van der Waals surface area contributed by atoms with E-state index in [1.54, 1.807) is 12.1 Å². The average molecular weight is 355 g/mol. The van der Waals surface area contributed by atoms with Crippen LogP contribution in [0, 0.1) is 5.82 Å². The second-order valence-electron chi connectivity index (χ2n) is 5.54. The molecule has 0 amide bonds. The van der Waals surface area contributed by atoms with E-state index in [2.05, 4.69) is 4.98 Å². The lowest BCUT2D eigenvalue weighted by Gasteiger charge is -2.09. The Kier molecular flexibility index (Phi) is 5.63. The van der Waals surface area contributed by atoms with Crippen molar-refractivity contribution in [3.05, 3.63) is 72.0 Å². The molecule has 0 aliphatic carbocycles. The molecule has 0 spiro atoms. The fourth-order valence-electron chi connectivity index (χ4n) is 2.38. The first-order valence-electron chi connectivity index (χ1n) is 8.22. The average Bonchev–Trinajstić information content (AvgIpc) is 3.14. The van der Waals surface area contributed by atoms with Crippen molar-refractivity contribution < 1.29 is 23.1 Å². The van der Waals surface area contributed by atoms with E-state index in [0.29, 0.717) is 17.1 Å². The number of aromatic nitrogens is 1. The lowest BCUT2D eigenvalue weighted by molar-refractivity contribution is -0.148. The summed E-state index contributed by atoms with van der Waals surface area (Å²) in [6, 6.07) is 13.4. The summed E-state index contributed by atoms with van der Waals surface area (Å²) in [5.74, 6) is 0.557. The van der Waals surface area contributed by atoms with Gasteiger partial charge in [-0.05, 0) is 42.3 Å². The third kappa shape index (κ3) is 4.47. The predicted octanol–water partition coefficient (Wildman–Crippen LogP) is 4.17. The molecule has 0 atom stereocenters. The van der Waals surface area contributed by atoms with E-state index in [1.165, 1.54) is 18.3 Å². The van der Waals surface area contributed by atoms with Crippen LogP contribution in [0.2, 0.25) is 0 Å². The first-order chi connectivity index (χ1) is 12.7. The van der Waals surface area contributed by atoms with Crippen molar-refractivity contribution in [2.45, 2.75) is 20.0 Å². The molecule has 3 rings (SSSR count). The molecule has 2 aromatic carbocycles. The molecule has 0 radical (unpaired) electrons. The van der Waals surface area contributed by atoms with Crippen LogP contribution < -0.4 is 4.74 Å². The minimum atomic E-state index is -0.516. The first kappa shape index (κ1) is 17.7. The molecule has 0 unspecified atom stereocenters. The molecule has 0 aliphatic rings. The van der Waals surface area contributed by atoms with Gasteiger partial charge in [0.1, 0.15) is 11.6 Å². The van der Waals surface area contributed by atoms with Crippen LogP contribution >= 0.6 is 0 Å². The van der Waals surface area contributed by atoms with Gasteiger partial charge in [0.15, 0.2) is 19.0 Å². The number of halogens is 1. The lowest BCUT2D eigenvalue weighted by Crippen LogP contribution is -2.15. The standard InChI is InChI=1S/C20H18FNO4/c1-2-14-5-3-4-6-17(14)24-13-20(23)25-12-19-22-11-18(26-19)15-7-9-16(21)10-8-15/h3-11H,2,12-13H2,1H3. The van der Waals surface area contributed by atoms with E-state index >= 15 is 0 Å². The molecular formula is C20H18FNO4. The molecule has 26 heavy (non-hydrogen) atoms. The number of rotatable bonds is 7. The number of oxazole rings is 1. The molecule has 0 fully saturated rings. The third-order valence-electron chi connectivity index (χ3n) is 3.74. The second kappa shape index (κ2) is 8.29. The number of esters is 1. The highest BCUT2D eigenvalue weighted by Crippen LogP contribution is 2.21. The van der Waals surface area contributed by atoms with Gasteiger partial charge in [0.05, 0.1) is 6.20 Å². The van der Waals surface area contributed by atoms with Gasteiger partial charge in [0.2, 0.25) is 5.89 Å². The Morgan fingerprint density at radius 3 is 2.69 bits per heavy atom. The van der Waals surface area contributed by atoms with E-state index < -0.39 is 5.97 Å². The topological polar surface area (TPSA) is 61.6 Å². The van der Waals surface area contributed by atoms with Crippen molar-refractivity contribution in [1.82, 2.24) is 4.98 Å². The highest BCUT2D eigenvalue weighted by atomic mass is 19.1. The van der Waals surface area contributed by atoms with Gasteiger partial charge < -0.3 is 13.9 Å². The molecule has 0 N–H and O–H groups in total. The summed E-state index contributed by atoms with van der Waals surface area (Å²) in [6.07, 6.45) is 2.32. The van der Waals surface area contributed by atoms with Crippen molar-refractivity contribution in [1.29, 1.82) is 0 Å². The van der Waals surface area contributed by atoms with Crippen LogP contribution in [-0.4, -0.2) is 17.6 Å². The van der Waals surface area contributed by atoms with Crippen molar-refractivity contribution in [2.75, 3.05) is 6.61 Å². The molecule has 0 aliphatic heterocycles. The highest BCUT2D eigenvalue weighted by Gasteiger charge is 2.11. The highest BCUT2D eigenvalue weighted by molar-refractivity contribution is 5.71. The molecule has 134 valence electrons. The molecule has 0 saturated carbocycles. The molecule has 1 heterocycles. The van der Waals surface area contributed by atoms with E-state index in [1.807, 2.05) is 31.2 Å². The Hall–Kier alpha value is -3.15. The normalized spacial score (nSPS) is 10.5. The molecule has 0 bridgehead atoms. The van der Waals surface area contributed by atoms with E-state index in [4.69, 9.17) is 13.9 Å². The number of carbonyl (C=O) groups excluding carboxylic acids is 1. The number of hydrogen-bond acceptors (Lipinski definition) is 5. The predicted molar refractivity (Wildman–Crippen MR) is 93.0 cm³/mol. The number of carbonyl (C=O) groups is 1. The van der Waals surface area contributed by atoms with Crippen molar-refractivity contribution in [2.24, 2.45) is 0 Å². The summed E-state index contributed by atoms with van der Waals surface area (Å²) in [5, 5.41) is 0. The van der Waals surface area contributed by atoms with Crippen molar-refractivity contribution >= 4 is 5.97 Å². The Labute approximate surface area is 150 Å². The van der Waals surface area contributed by atoms with Crippen molar-refractivity contribution in [3.8, 4) is 17.1 Å². The van der Waals surface area contributed by atoms with Gasteiger partial charge in [-0.2, -0.15) is 0 Å². The molecule has 1 aromatic heterocycles. The van der Waals surface area contributed by atoms with Gasteiger partial charge in [-0.15, -0.1) is 0 Å². The fourth-order valence-corrected chi connectivity index (χ4v) is 2.38. The minimum absolute atomic E-state index is 0.0984. The van der Waals surface area contributed by atoms with Gasteiger partial charge in [-0.3, -0.25) is 0 Å². The largest absolute Gasteiger partial charge is 0.482 e. The Bertz CT molecular complexity index is 874. The van der Waals surface area contributed by atoms with E-state index in [9.17, 15) is 9.18 Å². The summed E-state index contributed by atoms with van der Waals surface area (Å²) in [5.41, 5.74) is 1.72. The summed E-state index contributed by atoms with van der Waals surface area (Å²) in [7, 11) is 0.